The minimum atomic E-state index is 0.323. The Morgan fingerprint density at radius 1 is 1.25 bits per heavy atom. The molecule has 1 aromatic carbocycles. The summed E-state index contributed by atoms with van der Waals surface area (Å²) in [5, 5.41) is 11.4. The second-order valence-electron chi connectivity index (χ2n) is 4.77. The van der Waals surface area contributed by atoms with E-state index in [1.54, 1.807) is 0 Å². The van der Waals surface area contributed by atoms with E-state index in [0.717, 1.165) is 36.0 Å². The Balaban J connectivity index is 1.55. The van der Waals surface area contributed by atoms with Crippen LogP contribution in [0.5, 0.6) is 0 Å². The monoisotopic (exact) mass is 337 g/mol. The molecule has 106 valence electrons. The summed E-state index contributed by atoms with van der Waals surface area (Å²) in [6, 6.07) is 7.80. The number of ether oxygens (including phenoxy) is 1. The van der Waals surface area contributed by atoms with Gasteiger partial charge in [-0.3, -0.25) is 0 Å². The molecule has 1 atom stereocenters. The number of halogens is 1. The number of rotatable bonds is 5. The van der Waals surface area contributed by atoms with Crippen molar-refractivity contribution in [1.82, 2.24) is 15.5 Å². The van der Waals surface area contributed by atoms with Crippen molar-refractivity contribution in [3.05, 3.63) is 34.6 Å². The average molecular weight is 338 g/mol. The third kappa shape index (κ3) is 3.45. The maximum atomic E-state index is 5.63. The Morgan fingerprint density at radius 3 is 2.85 bits per heavy atom. The summed E-state index contributed by atoms with van der Waals surface area (Å²) in [6.45, 7) is 2.28. The smallest absolute Gasteiger partial charge is 0.247 e. The first-order valence-corrected chi connectivity index (χ1v) is 7.51. The van der Waals surface area contributed by atoms with Gasteiger partial charge in [0, 0.05) is 23.2 Å². The molecular formula is C14H16BrN3O2. The summed E-state index contributed by atoms with van der Waals surface area (Å²) in [4.78, 5) is 0. The molecule has 1 aliphatic rings. The van der Waals surface area contributed by atoms with E-state index in [1.807, 2.05) is 24.3 Å². The van der Waals surface area contributed by atoms with Crippen molar-refractivity contribution >= 4 is 15.9 Å². The van der Waals surface area contributed by atoms with Crippen molar-refractivity contribution in [3.8, 4) is 11.5 Å². The SMILES string of the molecule is Brc1ccc(-c2nnc(CNCC3CCCO3)o2)cc1. The van der Waals surface area contributed by atoms with E-state index in [1.165, 1.54) is 0 Å². The van der Waals surface area contributed by atoms with Gasteiger partial charge >= 0.3 is 0 Å². The molecule has 0 spiro atoms. The van der Waals surface area contributed by atoms with Crippen LogP contribution in [-0.4, -0.2) is 29.5 Å². The molecule has 3 rings (SSSR count). The van der Waals surface area contributed by atoms with Crippen LogP contribution in [0, 0.1) is 0 Å². The largest absolute Gasteiger partial charge is 0.419 e. The summed E-state index contributed by atoms with van der Waals surface area (Å²) in [7, 11) is 0. The normalized spacial score (nSPS) is 18.6. The standard InChI is InChI=1S/C14H16BrN3O2/c15-11-5-3-10(4-6-11)14-18-17-13(20-14)9-16-8-12-2-1-7-19-12/h3-6,12,16H,1-2,7-9H2. The molecule has 1 saturated heterocycles. The molecule has 20 heavy (non-hydrogen) atoms. The van der Waals surface area contributed by atoms with Crippen LogP contribution in [0.3, 0.4) is 0 Å². The number of hydrogen-bond donors (Lipinski definition) is 1. The molecular weight excluding hydrogens is 322 g/mol. The number of hydrogen-bond acceptors (Lipinski definition) is 5. The minimum Gasteiger partial charge on any atom is -0.419 e. The lowest BCUT2D eigenvalue weighted by molar-refractivity contribution is 0.109. The Hall–Kier alpha value is -1.24. The summed E-state index contributed by atoms with van der Waals surface area (Å²) in [5.74, 6) is 1.15. The lowest BCUT2D eigenvalue weighted by Gasteiger charge is -2.08. The zero-order valence-corrected chi connectivity index (χ0v) is 12.6. The molecule has 1 fully saturated rings. The van der Waals surface area contributed by atoms with Crippen molar-refractivity contribution in [3.63, 3.8) is 0 Å². The highest BCUT2D eigenvalue weighted by atomic mass is 79.9. The van der Waals surface area contributed by atoms with Crippen molar-refractivity contribution in [1.29, 1.82) is 0 Å². The Morgan fingerprint density at radius 2 is 2.10 bits per heavy atom. The van der Waals surface area contributed by atoms with Crippen LogP contribution in [0.15, 0.2) is 33.2 Å². The van der Waals surface area contributed by atoms with E-state index in [4.69, 9.17) is 9.15 Å². The zero-order valence-electron chi connectivity index (χ0n) is 11.0. The highest BCUT2D eigenvalue weighted by Gasteiger charge is 2.15. The summed E-state index contributed by atoms with van der Waals surface area (Å²) >= 11 is 3.40. The first-order chi connectivity index (χ1) is 9.81. The second kappa shape index (κ2) is 6.47. The van der Waals surface area contributed by atoms with Crippen molar-refractivity contribution in [2.24, 2.45) is 0 Å². The molecule has 2 heterocycles. The van der Waals surface area contributed by atoms with Crippen LogP contribution in [0.4, 0.5) is 0 Å². The van der Waals surface area contributed by atoms with Gasteiger partial charge in [0.05, 0.1) is 12.6 Å². The van der Waals surface area contributed by atoms with Crippen molar-refractivity contribution < 1.29 is 9.15 Å². The van der Waals surface area contributed by atoms with Crippen molar-refractivity contribution in [2.75, 3.05) is 13.2 Å². The Labute approximate surface area is 125 Å². The summed E-state index contributed by atoms with van der Waals surface area (Å²) in [5.41, 5.74) is 0.922. The number of nitrogens with zero attached hydrogens (tertiary/aromatic N) is 2. The molecule has 0 radical (unpaired) electrons. The van der Waals surface area contributed by atoms with Crippen LogP contribution in [0.2, 0.25) is 0 Å². The molecule has 1 aliphatic heterocycles. The fourth-order valence-electron chi connectivity index (χ4n) is 2.18. The predicted octanol–water partition coefficient (Wildman–Crippen LogP) is 2.77. The maximum absolute atomic E-state index is 5.63. The topological polar surface area (TPSA) is 60.2 Å². The molecule has 0 bridgehead atoms. The quantitative estimate of drug-likeness (QED) is 0.908. The average Bonchev–Trinajstić information content (AvgIpc) is 3.11. The van der Waals surface area contributed by atoms with Gasteiger partial charge in [-0.25, -0.2) is 0 Å². The van der Waals surface area contributed by atoms with Crippen LogP contribution in [-0.2, 0) is 11.3 Å². The van der Waals surface area contributed by atoms with E-state index < -0.39 is 0 Å². The van der Waals surface area contributed by atoms with Crippen LogP contribution < -0.4 is 5.32 Å². The first kappa shape index (κ1) is 13.7. The molecule has 0 amide bonds. The summed E-state index contributed by atoms with van der Waals surface area (Å²) < 4.78 is 12.2. The predicted molar refractivity (Wildman–Crippen MR) is 78.1 cm³/mol. The number of benzene rings is 1. The van der Waals surface area contributed by atoms with Gasteiger partial charge in [-0.2, -0.15) is 0 Å². The van der Waals surface area contributed by atoms with Gasteiger partial charge in [-0.15, -0.1) is 10.2 Å². The molecule has 0 saturated carbocycles. The fraction of sp³-hybridized carbons (Fsp3) is 0.429. The number of aromatic nitrogens is 2. The van der Waals surface area contributed by atoms with Crippen LogP contribution in [0.1, 0.15) is 18.7 Å². The molecule has 5 nitrogen and oxygen atoms in total. The molecule has 6 heteroatoms. The maximum Gasteiger partial charge on any atom is 0.247 e. The Bertz CT molecular complexity index is 550. The van der Waals surface area contributed by atoms with Crippen LogP contribution >= 0.6 is 15.9 Å². The third-order valence-corrected chi connectivity index (χ3v) is 3.76. The molecule has 0 aliphatic carbocycles. The highest BCUT2D eigenvalue weighted by Crippen LogP contribution is 2.20. The van der Waals surface area contributed by atoms with Gasteiger partial charge in [-0.1, -0.05) is 15.9 Å². The van der Waals surface area contributed by atoms with E-state index in [-0.39, 0.29) is 0 Å². The molecule has 2 aromatic rings. The zero-order chi connectivity index (χ0) is 13.8. The van der Waals surface area contributed by atoms with E-state index in [9.17, 15) is 0 Å². The van der Waals surface area contributed by atoms with Gasteiger partial charge < -0.3 is 14.5 Å². The lowest BCUT2D eigenvalue weighted by atomic mass is 10.2. The summed E-state index contributed by atoms with van der Waals surface area (Å²) in [6.07, 6.45) is 2.60. The molecule has 1 N–H and O–H groups in total. The van der Waals surface area contributed by atoms with Crippen molar-refractivity contribution in [2.45, 2.75) is 25.5 Å². The lowest BCUT2D eigenvalue weighted by Crippen LogP contribution is -2.25. The third-order valence-electron chi connectivity index (χ3n) is 3.23. The van der Waals surface area contributed by atoms with E-state index in [2.05, 4.69) is 31.4 Å². The van der Waals surface area contributed by atoms with Gasteiger partial charge in [0.2, 0.25) is 11.8 Å². The van der Waals surface area contributed by atoms with Gasteiger partial charge in [-0.05, 0) is 37.1 Å². The van der Waals surface area contributed by atoms with Gasteiger partial charge in [0.1, 0.15) is 0 Å². The minimum absolute atomic E-state index is 0.323. The number of nitrogens with one attached hydrogen (secondary N) is 1. The second-order valence-corrected chi connectivity index (χ2v) is 5.69. The van der Waals surface area contributed by atoms with Gasteiger partial charge in [0.25, 0.3) is 0 Å². The molecule has 1 aromatic heterocycles. The van der Waals surface area contributed by atoms with Gasteiger partial charge in [0.15, 0.2) is 0 Å². The first-order valence-electron chi connectivity index (χ1n) is 6.72. The van der Waals surface area contributed by atoms with E-state index >= 15 is 0 Å². The highest BCUT2D eigenvalue weighted by molar-refractivity contribution is 9.10. The van der Waals surface area contributed by atoms with E-state index in [0.29, 0.717) is 24.4 Å². The van der Waals surface area contributed by atoms with Crippen LogP contribution in [0.25, 0.3) is 11.5 Å². The fourth-order valence-corrected chi connectivity index (χ4v) is 2.44. The Kier molecular flexibility index (Phi) is 4.44. The molecule has 1 unspecified atom stereocenters.